The van der Waals surface area contributed by atoms with E-state index in [0.29, 0.717) is 17.6 Å². The van der Waals surface area contributed by atoms with Crippen molar-refractivity contribution in [2.24, 2.45) is 0 Å². The van der Waals surface area contributed by atoms with Crippen LogP contribution in [0.4, 0.5) is 0 Å². The highest BCUT2D eigenvalue weighted by Gasteiger charge is 2.28. The Hall–Kier alpha value is -1.68. The molecule has 4 nitrogen and oxygen atoms in total. The van der Waals surface area contributed by atoms with E-state index in [1.54, 1.807) is 0 Å². The standard InChI is InChI=1S/C16H21N3O/c1-12(2)18-7-4-3-5-15(18)16-17-10-14-9-13(11-20)6-8-19(14)16/h6,8-12,15H,3-5,7H2,1-2H3. The summed E-state index contributed by atoms with van der Waals surface area (Å²) in [6.45, 7) is 5.64. The maximum atomic E-state index is 10.9. The number of fused-ring (bicyclic) bond motifs is 1. The highest BCUT2D eigenvalue weighted by molar-refractivity contribution is 5.77. The molecule has 1 aliphatic heterocycles. The molecule has 0 bridgehead atoms. The zero-order chi connectivity index (χ0) is 14.1. The smallest absolute Gasteiger partial charge is 0.150 e. The summed E-state index contributed by atoms with van der Waals surface area (Å²) in [5.74, 6) is 1.10. The van der Waals surface area contributed by atoms with E-state index in [0.717, 1.165) is 30.6 Å². The molecule has 20 heavy (non-hydrogen) atoms. The fourth-order valence-electron chi connectivity index (χ4n) is 3.21. The van der Waals surface area contributed by atoms with E-state index in [1.165, 1.54) is 12.8 Å². The van der Waals surface area contributed by atoms with Gasteiger partial charge in [0.1, 0.15) is 12.1 Å². The third-order valence-corrected chi connectivity index (χ3v) is 4.23. The van der Waals surface area contributed by atoms with Gasteiger partial charge < -0.3 is 4.40 Å². The number of aromatic nitrogens is 2. The predicted octanol–water partition coefficient (Wildman–Crippen LogP) is 3.08. The summed E-state index contributed by atoms with van der Waals surface area (Å²) < 4.78 is 2.12. The van der Waals surface area contributed by atoms with E-state index in [9.17, 15) is 4.79 Å². The number of nitrogens with zero attached hydrogens (tertiary/aromatic N) is 3. The first kappa shape index (κ1) is 13.3. The summed E-state index contributed by atoms with van der Waals surface area (Å²) in [5.41, 5.74) is 1.70. The van der Waals surface area contributed by atoms with Gasteiger partial charge in [-0.05, 0) is 45.4 Å². The SMILES string of the molecule is CC(C)N1CCCCC1c1ncc2cc(C=O)ccn12. The lowest BCUT2D eigenvalue weighted by molar-refractivity contribution is 0.106. The van der Waals surface area contributed by atoms with Gasteiger partial charge in [0.25, 0.3) is 0 Å². The molecule has 2 aromatic rings. The average molecular weight is 271 g/mol. The van der Waals surface area contributed by atoms with Crippen molar-refractivity contribution in [3.63, 3.8) is 0 Å². The molecule has 0 aromatic carbocycles. The van der Waals surface area contributed by atoms with Crippen LogP contribution in [0.3, 0.4) is 0 Å². The van der Waals surface area contributed by atoms with Crippen LogP contribution in [0.1, 0.15) is 55.3 Å². The van der Waals surface area contributed by atoms with Crippen LogP contribution < -0.4 is 0 Å². The summed E-state index contributed by atoms with van der Waals surface area (Å²) in [7, 11) is 0. The molecule has 1 unspecified atom stereocenters. The Morgan fingerprint density at radius 1 is 1.40 bits per heavy atom. The second-order valence-corrected chi connectivity index (χ2v) is 5.83. The van der Waals surface area contributed by atoms with Crippen LogP contribution in [0, 0.1) is 0 Å². The number of aldehydes is 1. The molecule has 2 aromatic heterocycles. The Kier molecular flexibility index (Phi) is 3.57. The maximum Gasteiger partial charge on any atom is 0.150 e. The second-order valence-electron chi connectivity index (χ2n) is 5.83. The number of likely N-dealkylation sites (tertiary alicyclic amines) is 1. The van der Waals surface area contributed by atoms with E-state index in [4.69, 9.17) is 0 Å². The summed E-state index contributed by atoms with van der Waals surface area (Å²) >= 11 is 0. The number of imidazole rings is 1. The Morgan fingerprint density at radius 3 is 3.00 bits per heavy atom. The number of piperidine rings is 1. The van der Waals surface area contributed by atoms with Crippen molar-refractivity contribution in [3.05, 3.63) is 35.9 Å². The van der Waals surface area contributed by atoms with Crippen molar-refractivity contribution in [1.29, 1.82) is 0 Å². The maximum absolute atomic E-state index is 10.9. The normalized spacial score (nSPS) is 20.6. The average Bonchev–Trinajstić information content (AvgIpc) is 2.89. The molecule has 0 spiro atoms. The molecule has 0 saturated carbocycles. The molecule has 0 radical (unpaired) electrons. The van der Waals surface area contributed by atoms with E-state index in [1.807, 2.05) is 24.5 Å². The first-order valence-electron chi connectivity index (χ1n) is 7.38. The number of carbonyl (C=O) groups excluding carboxylic acids is 1. The van der Waals surface area contributed by atoms with Crippen molar-refractivity contribution < 1.29 is 4.79 Å². The summed E-state index contributed by atoms with van der Waals surface area (Å²) in [5, 5.41) is 0. The van der Waals surface area contributed by atoms with Crippen LogP contribution >= 0.6 is 0 Å². The second kappa shape index (κ2) is 5.37. The third-order valence-electron chi connectivity index (χ3n) is 4.23. The number of rotatable bonds is 3. The van der Waals surface area contributed by atoms with Gasteiger partial charge in [-0.25, -0.2) is 4.98 Å². The third kappa shape index (κ3) is 2.24. The molecule has 1 atom stereocenters. The van der Waals surface area contributed by atoms with Gasteiger partial charge in [0.05, 0.1) is 17.8 Å². The zero-order valence-corrected chi connectivity index (χ0v) is 12.1. The van der Waals surface area contributed by atoms with Crippen molar-refractivity contribution in [1.82, 2.24) is 14.3 Å². The first-order valence-corrected chi connectivity index (χ1v) is 7.38. The summed E-state index contributed by atoms with van der Waals surface area (Å²) in [6, 6.07) is 4.66. The number of pyridine rings is 1. The number of hydrogen-bond donors (Lipinski definition) is 0. The molecule has 4 heteroatoms. The molecule has 0 amide bonds. The topological polar surface area (TPSA) is 37.6 Å². The minimum Gasteiger partial charge on any atom is -0.302 e. The molecular weight excluding hydrogens is 250 g/mol. The Balaban J connectivity index is 2.02. The lowest BCUT2D eigenvalue weighted by Gasteiger charge is -2.37. The predicted molar refractivity (Wildman–Crippen MR) is 79.0 cm³/mol. The van der Waals surface area contributed by atoms with Crippen molar-refractivity contribution in [2.45, 2.75) is 45.2 Å². The minimum absolute atomic E-state index is 0.383. The molecule has 0 aliphatic carbocycles. The number of carbonyl (C=O) groups is 1. The van der Waals surface area contributed by atoms with Gasteiger partial charge in [0.15, 0.2) is 0 Å². The van der Waals surface area contributed by atoms with Gasteiger partial charge >= 0.3 is 0 Å². The van der Waals surface area contributed by atoms with Crippen molar-refractivity contribution in [3.8, 4) is 0 Å². The molecule has 1 aliphatic rings. The fourth-order valence-corrected chi connectivity index (χ4v) is 3.21. The van der Waals surface area contributed by atoms with Crippen LogP contribution in [0.2, 0.25) is 0 Å². The Labute approximate surface area is 119 Å². The monoisotopic (exact) mass is 271 g/mol. The Morgan fingerprint density at radius 2 is 2.25 bits per heavy atom. The zero-order valence-electron chi connectivity index (χ0n) is 12.1. The minimum atomic E-state index is 0.383. The van der Waals surface area contributed by atoms with Crippen molar-refractivity contribution in [2.75, 3.05) is 6.54 Å². The highest BCUT2D eigenvalue weighted by atomic mass is 16.1. The molecule has 106 valence electrons. The van der Waals surface area contributed by atoms with Crippen LogP contribution in [0.25, 0.3) is 5.52 Å². The lowest BCUT2D eigenvalue weighted by Crippen LogP contribution is -2.39. The van der Waals surface area contributed by atoms with E-state index < -0.39 is 0 Å². The molecule has 3 heterocycles. The summed E-state index contributed by atoms with van der Waals surface area (Å²) in [6.07, 6.45) is 8.41. The fraction of sp³-hybridized carbons (Fsp3) is 0.500. The van der Waals surface area contributed by atoms with E-state index in [2.05, 4.69) is 28.1 Å². The van der Waals surface area contributed by atoms with Gasteiger partial charge in [-0.15, -0.1) is 0 Å². The quantitative estimate of drug-likeness (QED) is 0.805. The van der Waals surface area contributed by atoms with Gasteiger partial charge in [-0.1, -0.05) is 6.42 Å². The van der Waals surface area contributed by atoms with Crippen LogP contribution in [-0.4, -0.2) is 33.2 Å². The van der Waals surface area contributed by atoms with Gasteiger partial charge in [0, 0.05) is 17.8 Å². The van der Waals surface area contributed by atoms with Gasteiger partial charge in [-0.2, -0.15) is 0 Å². The van der Waals surface area contributed by atoms with E-state index in [-0.39, 0.29) is 0 Å². The molecule has 3 rings (SSSR count). The lowest BCUT2D eigenvalue weighted by atomic mass is 10.00. The van der Waals surface area contributed by atoms with Crippen LogP contribution in [0.15, 0.2) is 24.5 Å². The highest BCUT2D eigenvalue weighted by Crippen LogP contribution is 2.32. The van der Waals surface area contributed by atoms with Gasteiger partial charge in [0.2, 0.25) is 0 Å². The van der Waals surface area contributed by atoms with Crippen LogP contribution in [0.5, 0.6) is 0 Å². The Bertz CT molecular complexity index is 617. The van der Waals surface area contributed by atoms with Gasteiger partial charge in [-0.3, -0.25) is 9.69 Å². The van der Waals surface area contributed by atoms with Crippen LogP contribution in [-0.2, 0) is 0 Å². The largest absolute Gasteiger partial charge is 0.302 e. The number of hydrogen-bond acceptors (Lipinski definition) is 3. The molecule has 1 fully saturated rings. The summed E-state index contributed by atoms with van der Waals surface area (Å²) in [4.78, 5) is 18.0. The molecule has 0 N–H and O–H groups in total. The molecule has 1 saturated heterocycles. The first-order chi connectivity index (χ1) is 9.70. The van der Waals surface area contributed by atoms with E-state index >= 15 is 0 Å². The van der Waals surface area contributed by atoms with Crippen molar-refractivity contribution >= 4 is 11.8 Å². The molecular formula is C16H21N3O.